The third-order valence-electron chi connectivity index (χ3n) is 3.96. The molecule has 0 saturated heterocycles. The van der Waals surface area contributed by atoms with Gasteiger partial charge in [-0.2, -0.15) is 0 Å². The molecule has 1 rings (SSSR count). The molecule has 0 aromatic heterocycles. The van der Waals surface area contributed by atoms with Gasteiger partial charge in [0.25, 0.3) is 0 Å². The van der Waals surface area contributed by atoms with Gasteiger partial charge in [0.1, 0.15) is 0 Å². The molecule has 3 unspecified atom stereocenters. The Balaban J connectivity index is 2.74. The highest BCUT2D eigenvalue weighted by molar-refractivity contribution is 9.10. The topological polar surface area (TPSA) is 20.3 Å². The van der Waals surface area contributed by atoms with Crippen LogP contribution >= 0.6 is 15.9 Å². The van der Waals surface area contributed by atoms with Crippen molar-refractivity contribution in [2.24, 2.45) is 11.8 Å². The van der Waals surface area contributed by atoms with Crippen LogP contribution < -0.4 is 0 Å². The largest absolute Gasteiger partial charge is 0.331 e. The van der Waals surface area contributed by atoms with Gasteiger partial charge in [0.05, 0.1) is 11.4 Å². The van der Waals surface area contributed by atoms with Crippen molar-refractivity contribution < 1.29 is 4.79 Å². The lowest BCUT2D eigenvalue weighted by molar-refractivity contribution is -0.133. The molecule has 98 valence electrons. The first-order valence-electron chi connectivity index (χ1n) is 6.58. The first-order valence-corrected chi connectivity index (χ1v) is 7.37. The summed E-state index contributed by atoms with van der Waals surface area (Å²) in [5.41, 5.74) is 0. The molecular formula is C14H24BrNO. The minimum atomic E-state index is -0.565. The van der Waals surface area contributed by atoms with Gasteiger partial charge < -0.3 is 4.90 Å². The molecule has 1 fully saturated rings. The second kappa shape index (κ2) is 5.73. The first-order chi connectivity index (χ1) is 7.81. The van der Waals surface area contributed by atoms with E-state index in [9.17, 15) is 4.79 Å². The van der Waals surface area contributed by atoms with Gasteiger partial charge in [-0.1, -0.05) is 42.6 Å². The molecule has 2 radical (unpaired) electrons. The molecule has 0 bridgehead atoms. The molecule has 1 aliphatic rings. The molecular weight excluding hydrogens is 278 g/mol. The molecule has 1 aliphatic carbocycles. The summed E-state index contributed by atoms with van der Waals surface area (Å²) in [6.45, 7) is 8.11. The number of halogens is 1. The second-order valence-corrected chi connectivity index (χ2v) is 7.65. The third kappa shape index (κ3) is 3.46. The van der Waals surface area contributed by atoms with Crippen LogP contribution in [0.25, 0.3) is 0 Å². The van der Waals surface area contributed by atoms with Gasteiger partial charge in [0.2, 0.25) is 5.91 Å². The Labute approximate surface area is 114 Å². The van der Waals surface area contributed by atoms with Crippen LogP contribution in [0.2, 0.25) is 0 Å². The Morgan fingerprint density at radius 2 is 1.94 bits per heavy atom. The fourth-order valence-corrected chi connectivity index (χ4v) is 2.99. The minimum Gasteiger partial charge on any atom is -0.331 e. The average Bonchev–Trinajstić information content (AvgIpc) is 2.68. The fraction of sp³-hybridized carbons (Fsp3) is 0.857. The van der Waals surface area contributed by atoms with Gasteiger partial charge in [-0.3, -0.25) is 4.79 Å². The molecule has 3 atom stereocenters. The lowest BCUT2D eigenvalue weighted by Gasteiger charge is -2.32. The van der Waals surface area contributed by atoms with Crippen molar-refractivity contribution in [2.45, 2.75) is 63.7 Å². The predicted octanol–water partition coefficient (Wildman–Crippen LogP) is 3.87. The highest BCUT2D eigenvalue weighted by Gasteiger charge is 2.39. The quantitative estimate of drug-likeness (QED) is 0.570. The Hall–Kier alpha value is -0.0500. The Morgan fingerprint density at radius 1 is 1.35 bits per heavy atom. The van der Waals surface area contributed by atoms with E-state index in [2.05, 4.69) is 29.8 Å². The summed E-state index contributed by atoms with van der Waals surface area (Å²) in [5.74, 6) is 1.27. The van der Waals surface area contributed by atoms with Crippen LogP contribution in [0, 0.1) is 18.9 Å². The maximum Gasteiger partial charge on any atom is 0.239 e. The number of carbonyl (C=O) groups excluding carboxylic acids is 1. The number of hydrogen-bond acceptors (Lipinski definition) is 1. The first kappa shape index (κ1) is 15.0. The number of amides is 1. The molecule has 2 nitrogen and oxygen atoms in total. The molecule has 0 aromatic rings. The average molecular weight is 302 g/mol. The summed E-state index contributed by atoms with van der Waals surface area (Å²) in [7, 11) is 6.05. The van der Waals surface area contributed by atoms with E-state index in [-0.39, 0.29) is 11.9 Å². The monoisotopic (exact) mass is 301 g/mol. The van der Waals surface area contributed by atoms with Crippen LogP contribution in [0.5, 0.6) is 0 Å². The van der Waals surface area contributed by atoms with Gasteiger partial charge in [-0.05, 0) is 38.5 Å². The maximum atomic E-state index is 12.2. The summed E-state index contributed by atoms with van der Waals surface area (Å²) in [4.78, 5) is 13.6. The van der Waals surface area contributed by atoms with Gasteiger partial charge in [-0.25, -0.2) is 0 Å². The molecule has 0 N–H and O–H groups in total. The van der Waals surface area contributed by atoms with E-state index >= 15 is 0 Å². The van der Waals surface area contributed by atoms with Crippen LogP contribution in [0.3, 0.4) is 0 Å². The molecule has 1 saturated carbocycles. The minimum absolute atomic E-state index is 0.0160. The molecule has 0 aromatic carbocycles. The zero-order chi connectivity index (χ0) is 13.2. The van der Waals surface area contributed by atoms with E-state index < -0.39 is 4.32 Å². The smallest absolute Gasteiger partial charge is 0.239 e. The van der Waals surface area contributed by atoms with Crippen molar-refractivity contribution in [3.05, 3.63) is 7.05 Å². The summed E-state index contributed by atoms with van der Waals surface area (Å²) in [6.07, 6.45) is 4.55. The zero-order valence-corrected chi connectivity index (χ0v) is 13.0. The standard InChI is InChI=1S/C14H24BrNO/c1-6-10-8-11(7-2)12(9-10)16(5)13(17)14(3,4)15/h5,10-12H,6-9H2,1-4H3. The molecule has 0 spiro atoms. The van der Waals surface area contributed by atoms with Crippen molar-refractivity contribution in [1.29, 1.82) is 0 Å². The highest BCUT2D eigenvalue weighted by Crippen LogP contribution is 2.39. The normalized spacial score (nSPS) is 29.4. The summed E-state index contributed by atoms with van der Waals surface area (Å²) >= 11 is 3.39. The lowest BCUT2D eigenvalue weighted by atomic mass is 9.98. The molecule has 17 heavy (non-hydrogen) atoms. The number of carbonyl (C=O) groups is 1. The van der Waals surface area contributed by atoms with Crippen molar-refractivity contribution >= 4 is 21.8 Å². The molecule has 0 aliphatic heterocycles. The summed E-state index contributed by atoms with van der Waals surface area (Å²) in [6, 6.07) is 0.217. The number of rotatable bonds is 4. The number of nitrogens with zero attached hydrogens (tertiary/aromatic N) is 1. The second-order valence-electron chi connectivity index (χ2n) is 5.67. The molecule has 3 heteroatoms. The van der Waals surface area contributed by atoms with Crippen LogP contribution in [-0.4, -0.2) is 21.2 Å². The maximum absolute atomic E-state index is 12.2. The summed E-state index contributed by atoms with van der Waals surface area (Å²) in [5, 5.41) is 0. The van der Waals surface area contributed by atoms with Crippen molar-refractivity contribution in [3.63, 3.8) is 0 Å². The van der Waals surface area contributed by atoms with Crippen LogP contribution in [0.4, 0.5) is 0 Å². The van der Waals surface area contributed by atoms with Gasteiger partial charge in [0.15, 0.2) is 0 Å². The number of alkyl halides is 1. The van der Waals surface area contributed by atoms with Crippen molar-refractivity contribution in [1.82, 2.24) is 4.90 Å². The van der Waals surface area contributed by atoms with E-state index in [1.165, 1.54) is 17.7 Å². The predicted molar refractivity (Wildman–Crippen MR) is 74.7 cm³/mol. The van der Waals surface area contributed by atoms with E-state index in [0.29, 0.717) is 5.92 Å². The van der Waals surface area contributed by atoms with E-state index in [1.54, 1.807) is 0 Å². The third-order valence-corrected chi connectivity index (χ3v) is 4.30. The Bertz CT molecular complexity index is 272. The van der Waals surface area contributed by atoms with Gasteiger partial charge >= 0.3 is 0 Å². The van der Waals surface area contributed by atoms with Crippen LogP contribution in [0.15, 0.2) is 0 Å². The fourth-order valence-electron chi connectivity index (χ4n) is 2.79. The van der Waals surface area contributed by atoms with Crippen LogP contribution in [0.1, 0.15) is 53.4 Å². The SMILES string of the molecule is [CH]N(C(=O)C(C)(C)Br)C1CC(CC)CC1CC. The van der Waals surface area contributed by atoms with Crippen molar-refractivity contribution in [2.75, 3.05) is 0 Å². The van der Waals surface area contributed by atoms with E-state index in [0.717, 1.165) is 18.8 Å². The lowest BCUT2D eigenvalue weighted by Crippen LogP contribution is -2.45. The van der Waals surface area contributed by atoms with Crippen LogP contribution in [-0.2, 0) is 4.79 Å². The zero-order valence-electron chi connectivity index (χ0n) is 11.4. The van der Waals surface area contributed by atoms with E-state index in [1.807, 2.05) is 13.8 Å². The number of hydrogen-bond donors (Lipinski definition) is 0. The Morgan fingerprint density at radius 3 is 2.35 bits per heavy atom. The highest BCUT2D eigenvalue weighted by atomic mass is 79.9. The summed E-state index contributed by atoms with van der Waals surface area (Å²) < 4.78 is -0.565. The van der Waals surface area contributed by atoms with Gasteiger partial charge in [0, 0.05) is 6.04 Å². The molecule has 0 heterocycles. The Kier molecular flexibility index (Phi) is 5.06. The van der Waals surface area contributed by atoms with E-state index in [4.69, 9.17) is 7.05 Å². The van der Waals surface area contributed by atoms with Gasteiger partial charge in [-0.15, -0.1) is 0 Å². The molecule has 1 amide bonds. The van der Waals surface area contributed by atoms with Crippen molar-refractivity contribution in [3.8, 4) is 0 Å².